The topological polar surface area (TPSA) is 0 Å². The first-order valence-electron chi connectivity index (χ1n) is 9.20. The van der Waals surface area contributed by atoms with Gasteiger partial charge in [-0.05, 0) is 13.8 Å². The molecule has 4 aromatic carbocycles. The van der Waals surface area contributed by atoms with Gasteiger partial charge in [0.05, 0.1) is 0 Å². The van der Waals surface area contributed by atoms with Crippen molar-refractivity contribution in [2.24, 2.45) is 0 Å². The average molecular weight is 537 g/mol. The maximum absolute atomic E-state index is 3.06. The Morgan fingerprint density at radius 1 is 0.700 bits per heavy atom. The molecule has 0 amide bonds. The van der Waals surface area contributed by atoms with Crippen LogP contribution in [0.25, 0.3) is 21.5 Å². The van der Waals surface area contributed by atoms with Crippen molar-refractivity contribution in [1.29, 1.82) is 0 Å². The van der Waals surface area contributed by atoms with E-state index >= 15 is 0 Å². The fraction of sp³-hybridized carbons (Fsp3) is 0.231. The standard InChI is InChI=1S/2C11H11.C3H7.CH3.2ClH.Si.Zr/c2*1-8-6-10-5-3-4-9(2)11(10)7-8;1-3-2;;;;;/h2*3-7H,1-2H3;3H,1-2H3;1H3;2*1H;;/q4*-1;;;;. The molecule has 0 nitrogen and oxygen atoms in total. The van der Waals surface area contributed by atoms with Gasteiger partial charge >= 0.3 is 30.2 Å². The molecular formula is C26H34Cl2SiZr-4. The van der Waals surface area contributed by atoms with Gasteiger partial charge in [-0.3, -0.25) is 0 Å². The van der Waals surface area contributed by atoms with Gasteiger partial charge in [0.15, 0.2) is 0 Å². The first kappa shape index (κ1) is 34.0. The van der Waals surface area contributed by atoms with Crippen LogP contribution in [0.5, 0.6) is 0 Å². The summed E-state index contributed by atoms with van der Waals surface area (Å²) in [6.45, 7) is 15.6. The van der Waals surface area contributed by atoms with Gasteiger partial charge in [0.25, 0.3) is 0 Å². The molecule has 4 heteroatoms. The van der Waals surface area contributed by atoms with E-state index in [0.717, 1.165) is 0 Å². The summed E-state index contributed by atoms with van der Waals surface area (Å²) in [5.74, 6) is 0. The minimum absolute atomic E-state index is 0. The van der Waals surface area contributed by atoms with E-state index in [2.05, 4.69) is 95.2 Å². The van der Waals surface area contributed by atoms with E-state index < -0.39 is 0 Å². The molecule has 0 aromatic heterocycles. The van der Waals surface area contributed by atoms with E-state index in [1.165, 1.54) is 67.1 Å². The monoisotopic (exact) mass is 534 g/mol. The van der Waals surface area contributed by atoms with E-state index in [0.29, 0.717) is 0 Å². The number of halogens is 2. The van der Waals surface area contributed by atoms with E-state index in [-0.39, 0.29) is 32.2 Å². The van der Waals surface area contributed by atoms with Gasteiger partial charge in [-0.25, -0.2) is 0 Å². The quantitative estimate of drug-likeness (QED) is 0.156. The Balaban J connectivity index is -0.000000371. The molecule has 164 valence electrons. The second-order valence-electron chi connectivity index (χ2n) is 6.80. The normalized spacial score (nSPS) is 8.57. The van der Waals surface area contributed by atoms with Crippen LogP contribution < -0.4 is 0 Å². The van der Waals surface area contributed by atoms with Crippen LogP contribution in [0.1, 0.15) is 36.1 Å². The molecular weight excluding hydrogens is 503 g/mol. The van der Waals surface area contributed by atoms with Gasteiger partial charge in [0.2, 0.25) is 0 Å². The zero-order valence-corrected chi connectivity index (χ0v) is 24.3. The summed E-state index contributed by atoms with van der Waals surface area (Å²) in [5.41, 5.74) is 5.45. The molecule has 2 radical (unpaired) electrons. The molecule has 4 rings (SSSR count). The van der Waals surface area contributed by atoms with E-state index in [1.807, 2.05) is 20.3 Å². The van der Waals surface area contributed by atoms with E-state index in [4.69, 9.17) is 0 Å². The van der Waals surface area contributed by atoms with Crippen molar-refractivity contribution in [3.05, 3.63) is 96.8 Å². The number of hydrogen-bond donors (Lipinski definition) is 0. The van der Waals surface area contributed by atoms with Crippen LogP contribution in [0.2, 0.25) is 0 Å². The van der Waals surface area contributed by atoms with Crippen molar-refractivity contribution in [2.45, 2.75) is 41.5 Å². The summed E-state index contributed by atoms with van der Waals surface area (Å²) < 4.78 is 0. The summed E-state index contributed by atoms with van der Waals surface area (Å²) in [7, 11) is 0. The van der Waals surface area contributed by atoms with Crippen molar-refractivity contribution in [3.63, 3.8) is 0 Å². The number of benzene rings is 2. The van der Waals surface area contributed by atoms with Crippen molar-refractivity contribution in [3.8, 4) is 0 Å². The predicted octanol–water partition coefficient (Wildman–Crippen LogP) is 8.49. The SMILES string of the molecule is C[CH-]C.Cc1cc2c(C)cccc2[cH-]1.Cc1cc2c(C)cccc2[cH-]1.Cl.Cl.[CH3-].[Si]=[Zr]. The first-order valence-corrected chi connectivity index (χ1v) is 13.4. The van der Waals surface area contributed by atoms with Crippen LogP contribution in [-0.2, 0) is 23.3 Å². The summed E-state index contributed by atoms with van der Waals surface area (Å²) in [4.78, 5) is 0. The Hall–Kier alpha value is -0.660. The van der Waals surface area contributed by atoms with Crippen molar-refractivity contribution in [2.75, 3.05) is 0 Å². The molecule has 4 aromatic rings. The van der Waals surface area contributed by atoms with Crippen LogP contribution in [0.4, 0.5) is 0 Å². The predicted molar refractivity (Wildman–Crippen MR) is 140 cm³/mol. The van der Waals surface area contributed by atoms with E-state index in [9.17, 15) is 0 Å². The number of hydrogen-bond acceptors (Lipinski definition) is 0. The summed E-state index contributed by atoms with van der Waals surface area (Å²) in [6.07, 6.45) is 2.00. The van der Waals surface area contributed by atoms with Crippen LogP contribution in [0, 0.1) is 41.5 Å². The van der Waals surface area contributed by atoms with Gasteiger partial charge < -0.3 is 13.8 Å². The molecule has 0 bridgehead atoms. The summed E-state index contributed by atoms with van der Waals surface area (Å²) in [5, 5.41) is 5.51. The Morgan fingerprint density at radius 3 is 1.27 bits per heavy atom. The number of aryl methyl sites for hydroxylation is 4. The van der Waals surface area contributed by atoms with Gasteiger partial charge in [-0.2, -0.15) is 26.0 Å². The Kier molecular flexibility index (Phi) is 20.3. The third-order valence-corrected chi connectivity index (χ3v) is 4.23. The summed E-state index contributed by atoms with van der Waals surface area (Å²) >= 11 is 1.36. The third kappa shape index (κ3) is 10.1. The fourth-order valence-electron chi connectivity index (χ4n) is 3.08. The zero-order valence-electron chi connectivity index (χ0n) is 19.2. The molecule has 0 fully saturated rings. The Bertz CT molecular complexity index is 892. The van der Waals surface area contributed by atoms with Crippen LogP contribution in [0.3, 0.4) is 0 Å². The van der Waals surface area contributed by atoms with Crippen molar-refractivity contribution < 1.29 is 23.3 Å². The molecule has 0 aliphatic rings. The number of fused-ring (bicyclic) bond motifs is 2. The molecule has 0 atom stereocenters. The van der Waals surface area contributed by atoms with Crippen LogP contribution in [-0.4, -0.2) is 6.88 Å². The molecule has 0 unspecified atom stereocenters. The molecule has 0 saturated carbocycles. The van der Waals surface area contributed by atoms with Gasteiger partial charge in [0, 0.05) is 0 Å². The van der Waals surface area contributed by atoms with Crippen molar-refractivity contribution in [1.82, 2.24) is 0 Å². The number of rotatable bonds is 0. The second-order valence-corrected chi connectivity index (χ2v) is 6.80. The molecule has 0 saturated heterocycles. The van der Waals surface area contributed by atoms with Gasteiger partial charge in [0.1, 0.15) is 0 Å². The van der Waals surface area contributed by atoms with E-state index in [1.54, 1.807) is 0 Å². The van der Waals surface area contributed by atoms with Crippen LogP contribution >= 0.6 is 24.8 Å². The molecule has 0 N–H and O–H groups in total. The summed E-state index contributed by atoms with van der Waals surface area (Å²) in [6, 6.07) is 21.8. The minimum atomic E-state index is 0. The average Bonchev–Trinajstić information content (AvgIpc) is 3.21. The Labute approximate surface area is 213 Å². The van der Waals surface area contributed by atoms with Crippen LogP contribution in [0.15, 0.2) is 60.7 Å². The fourth-order valence-corrected chi connectivity index (χ4v) is 3.08. The molecule has 0 aliphatic heterocycles. The molecule has 30 heavy (non-hydrogen) atoms. The zero-order chi connectivity index (χ0) is 20.4. The molecule has 0 spiro atoms. The second kappa shape index (κ2) is 18.0. The van der Waals surface area contributed by atoms with Gasteiger partial charge in [-0.1, -0.05) is 37.1 Å². The molecule has 0 heterocycles. The first-order chi connectivity index (χ1) is 13.0. The van der Waals surface area contributed by atoms with Crippen molar-refractivity contribution >= 4 is 53.2 Å². The van der Waals surface area contributed by atoms with Gasteiger partial charge in [-0.15, -0.1) is 93.9 Å². The maximum atomic E-state index is 3.06. The third-order valence-electron chi connectivity index (χ3n) is 4.23. The molecule has 0 aliphatic carbocycles. The Morgan fingerprint density at radius 2 is 1.00 bits per heavy atom.